The Morgan fingerprint density at radius 1 is 0.962 bits per heavy atom. The van der Waals surface area contributed by atoms with Crippen molar-refractivity contribution in [1.29, 1.82) is 0 Å². The third-order valence-electron chi connectivity index (χ3n) is 5.06. The minimum absolute atomic E-state index is 0.0179. The molecule has 2 aliphatic rings. The molecule has 0 unspecified atom stereocenters. The van der Waals surface area contributed by atoms with Crippen molar-refractivity contribution in [3.8, 4) is 11.5 Å². The number of ether oxygens (including phenoxy) is 1. The molecule has 1 fully saturated rings. The molecule has 1 aliphatic carbocycles. The monoisotopic (exact) mass is 372 g/mol. The van der Waals surface area contributed by atoms with Crippen LogP contribution in [0.5, 0.6) is 11.5 Å². The summed E-state index contributed by atoms with van der Waals surface area (Å²) >= 11 is 0. The van der Waals surface area contributed by atoms with Gasteiger partial charge in [-0.3, -0.25) is 4.79 Å². The minimum atomic E-state index is -3.94. The van der Waals surface area contributed by atoms with Crippen molar-refractivity contribution in [1.82, 2.24) is 0 Å². The largest absolute Gasteiger partial charge is 0.486 e. The molecule has 136 valence electrons. The van der Waals surface area contributed by atoms with Gasteiger partial charge in [0.2, 0.25) is 0 Å². The molecule has 2 aromatic carbocycles. The fourth-order valence-electron chi connectivity index (χ4n) is 3.76. The summed E-state index contributed by atoms with van der Waals surface area (Å²) in [5.41, 5.74) is 0.00263. The van der Waals surface area contributed by atoms with Crippen molar-refractivity contribution in [3.05, 3.63) is 54.1 Å². The van der Waals surface area contributed by atoms with E-state index in [-0.39, 0.29) is 22.0 Å². The number of benzene rings is 2. The van der Waals surface area contributed by atoms with E-state index in [1.54, 1.807) is 24.3 Å². The summed E-state index contributed by atoms with van der Waals surface area (Å²) < 4.78 is 36.1. The van der Waals surface area contributed by atoms with Crippen LogP contribution in [0.3, 0.4) is 0 Å². The van der Waals surface area contributed by atoms with Gasteiger partial charge in [-0.1, -0.05) is 24.6 Å². The molecule has 0 saturated heterocycles. The summed E-state index contributed by atoms with van der Waals surface area (Å²) in [5.74, 6) is 0.618. The van der Waals surface area contributed by atoms with Gasteiger partial charge in [0, 0.05) is 0 Å². The van der Waals surface area contributed by atoms with Crippen molar-refractivity contribution in [3.63, 3.8) is 0 Å². The van der Waals surface area contributed by atoms with Gasteiger partial charge in [0.25, 0.3) is 0 Å². The summed E-state index contributed by atoms with van der Waals surface area (Å²) in [4.78, 5) is 12.7. The van der Waals surface area contributed by atoms with E-state index >= 15 is 0 Å². The summed E-state index contributed by atoms with van der Waals surface area (Å²) in [6.45, 7) is 0. The van der Waals surface area contributed by atoms with E-state index < -0.39 is 10.1 Å². The number of Topliss-reactive ketones (excluding diaryl/α,β-unsaturated/α-hetero) is 1. The molecule has 1 aliphatic heterocycles. The molecular weight excluding hydrogens is 352 g/mol. The number of carbonyl (C=O) groups excluding carboxylic acids is 1. The van der Waals surface area contributed by atoms with E-state index in [0.717, 1.165) is 25.7 Å². The maximum absolute atomic E-state index is 12.7. The summed E-state index contributed by atoms with van der Waals surface area (Å²) in [6, 6.07) is 12.6. The van der Waals surface area contributed by atoms with Crippen LogP contribution in [-0.2, 0) is 10.1 Å². The number of hydrogen-bond donors (Lipinski definition) is 0. The Morgan fingerprint density at radius 3 is 2.42 bits per heavy atom. The molecule has 0 amide bonds. The molecule has 0 bridgehead atoms. The van der Waals surface area contributed by atoms with Crippen LogP contribution in [0, 0.1) is 0 Å². The first-order chi connectivity index (χ1) is 12.5. The second-order valence-corrected chi connectivity index (χ2v) is 8.50. The van der Waals surface area contributed by atoms with Crippen LogP contribution in [0.2, 0.25) is 0 Å². The smallest absolute Gasteiger partial charge is 0.339 e. The lowest BCUT2D eigenvalue weighted by molar-refractivity contribution is 0.0135. The van der Waals surface area contributed by atoms with Gasteiger partial charge in [0.05, 0.1) is 12.0 Å². The normalized spacial score (nSPS) is 18.8. The van der Waals surface area contributed by atoms with Crippen LogP contribution in [0.25, 0.3) is 0 Å². The molecule has 1 spiro atoms. The summed E-state index contributed by atoms with van der Waals surface area (Å²) in [6.07, 6.45) is 5.43. The number of fused-ring (bicyclic) bond motifs is 1. The topological polar surface area (TPSA) is 69.7 Å². The average Bonchev–Trinajstić information content (AvgIpc) is 2.63. The van der Waals surface area contributed by atoms with Gasteiger partial charge in [-0.25, -0.2) is 0 Å². The van der Waals surface area contributed by atoms with Crippen molar-refractivity contribution in [2.24, 2.45) is 0 Å². The maximum atomic E-state index is 12.7. The summed E-state index contributed by atoms with van der Waals surface area (Å²) in [7, 11) is -3.94. The van der Waals surface area contributed by atoms with Crippen molar-refractivity contribution in [2.45, 2.75) is 49.0 Å². The van der Waals surface area contributed by atoms with Crippen molar-refractivity contribution >= 4 is 15.9 Å². The molecule has 1 heterocycles. The van der Waals surface area contributed by atoms with Gasteiger partial charge in [-0.15, -0.1) is 0 Å². The van der Waals surface area contributed by atoms with Gasteiger partial charge in [0.1, 0.15) is 22.0 Å². The van der Waals surface area contributed by atoms with Gasteiger partial charge in [-0.2, -0.15) is 8.42 Å². The zero-order valence-corrected chi connectivity index (χ0v) is 15.1. The van der Waals surface area contributed by atoms with Gasteiger partial charge in [-0.05, 0) is 56.0 Å². The molecule has 0 N–H and O–H groups in total. The number of ketones is 1. The lowest BCUT2D eigenvalue weighted by atomic mass is 9.78. The molecule has 1 saturated carbocycles. The zero-order valence-electron chi connectivity index (χ0n) is 14.3. The van der Waals surface area contributed by atoms with E-state index in [0.29, 0.717) is 17.7 Å². The lowest BCUT2D eigenvalue weighted by Gasteiger charge is -2.40. The maximum Gasteiger partial charge on any atom is 0.339 e. The van der Waals surface area contributed by atoms with Crippen LogP contribution in [0.4, 0.5) is 0 Å². The van der Waals surface area contributed by atoms with E-state index in [1.807, 2.05) is 0 Å². The molecule has 6 heteroatoms. The highest BCUT2D eigenvalue weighted by Crippen LogP contribution is 2.42. The zero-order chi connectivity index (χ0) is 18.2. The first-order valence-corrected chi connectivity index (χ1v) is 10.2. The fourth-order valence-corrected chi connectivity index (χ4v) is 4.71. The van der Waals surface area contributed by atoms with Crippen LogP contribution in [0.15, 0.2) is 53.4 Å². The first kappa shape index (κ1) is 17.1. The van der Waals surface area contributed by atoms with Gasteiger partial charge >= 0.3 is 10.1 Å². The Morgan fingerprint density at radius 2 is 1.69 bits per heavy atom. The van der Waals surface area contributed by atoms with Crippen LogP contribution < -0.4 is 8.92 Å². The van der Waals surface area contributed by atoms with Crippen molar-refractivity contribution < 1.29 is 22.1 Å². The lowest BCUT2D eigenvalue weighted by Crippen LogP contribution is -2.43. The molecule has 0 atom stereocenters. The van der Waals surface area contributed by atoms with Crippen LogP contribution >= 0.6 is 0 Å². The Kier molecular flexibility index (Phi) is 4.23. The minimum Gasteiger partial charge on any atom is -0.486 e. The summed E-state index contributed by atoms with van der Waals surface area (Å²) in [5, 5.41) is 0. The van der Waals surface area contributed by atoms with Crippen LogP contribution in [-0.4, -0.2) is 19.8 Å². The second kappa shape index (κ2) is 6.43. The highest BCUT2D eigenvalue weighted by molar-refractivity contribution is 7.87. The van der Waals surface area contributed by atoms with Gasteiger partial charge in [0.15, 0.2) is 5.78 Å². The molecule has 0 aromatic heterocycles. The Balaban J connectivity index is 1.60. The Labute approximate surface area is 153 Å². The molecule has 5 nitrogen and oxygen atoms in total. The predicted molar refractivity (Wildman–Crippen MR) is 96.1 cm³/mol. The molecule has 26 heavy (non-hydrogen) atoms. The molecule has 0 radical (unpaired) electrons. The fraction of sp³-hybridized carbons (Fsp3) is 0.350. The van der Waals surface area contributed by atoms with E-state index in [2.05, 4.69) is 0 Å². The number of carbonyl (C=O) groups is 1. The third kappa shape index (κ3) is 3.21. The Hall–Kier alpha value is -2.34. The number of hydrogen-bond acceptors (Lipinski definition) is 5. The van der Waals surface area contributed by atoms with E-state index in [1.165, 1.54) is 30.7 Å². The first-order valence-electron chi connectivity index (χ1n) is 8.83. The quantitative estimate of drug-likeness (QED) is 0.758. The molecular formula is C20H20O5S. The van der Waals surface area contributed by atoms with E-state index in [9.17, 15) is 13.2 Å². The Bertz CT molecular complexity index is 928. The highest BCUT2D eigenvalue weighted by atomic mass is 32.2. The van der Waals surface area contributed by atoms with Crippen molar-refractivity contribution in [2.75, 3.05) is 0 Å². The number of rotatable bonds is 3. The standard InChI is InChI=1S/C20H20O5S/c21-18-14-20(11-5-2-6-12-20)24-19-10-9-15(13-17(18)19)25-26(22,23)16-7-3-1-4-8-16/h1,3-4,7-10,13H,2,5-6,11-12,14H2. The van der Waals surface area contributed by atoms with Gasteiger partial charge < -0.3 is 8.92 Å². The predicted octanol–water partition coefficient (Wildman–Crippen LogP) is 4.12. The third-order valence-corrected chi connectivity index (χ3v) is 6.32. The van der Waals surface area contributed by atoms with Crippen LogP contribution in [0.1, 0.15) is 48.9 Å². The van der Waals surface area contributed by atoms with E-state index in [4.69, 9.17) is 8.92 Å². The molecule has 4 rings (SSSR count). The second-order valence-electron chi connectivity index (χ2n) is 6.95. The average molecular weight is 372 g/mol. The SMILES string of the molecule is O=C1CC2(CCCCC2)Oc2ccc(OS(=O)(=O)c3ccccc3)cc21. The highest BCUT2D eigenvalue weighted by Gasteiger charge is 2.41. The molecule has 2 aromatic rings.